The lowest BCUT2D eigenvalue weighted by Crippen LogP contribution is -2.21. The van der Waals surface area contributed by atoms with Gasteiger partial charge < -0.3 is 21.3 Å². The van der Waals surface area contributed by atoms with Crippen molar-refractivity contribution in [3.8, 4) is 11.5 Å². The number of nitrogens with two attached hydrogens (primary N) is 2. The summed E-state index contributed by atoms with van der Waals surface area (Å²) in [6, 6.07) is 4.62. The van der Waals surface area contributed by atoms with E-state index in [1.807, 2.05) is 0 Å². The molecule has 0 spiro atoms. The molecule has 80 valence electrons. The largest absolute Gasteiger partial charge is 0.508 e. The molecule has 0 heterocycles. The molecule has 5 N–H and O–H groups in total. The highest BCUT2D eigenvalue weighted by atomic mass is 16.5. The summed E-state index contributed by atoms with van der Waals surface area (Å²) in [4.78, 5) is 0. The molecular weight excluding hydrogens is 196 g/mol. The SMILES string of the molecule is COc1cc(O)ccc1C=NN=C(N)N. The molecule has 0 atom stereocenters. The van der Waals surface area contributed by atoms with Crippen LogP contribution in [-0.2, 0) is 0 Å². The van der Waals surface area contributed by atoms with Crippen LogP contribution < -0.4 is 16.2 Å². The van der Waals surface area contributed by atoms with Crippen molar-refractivity contribution in [3.63, 3.8) is 0 Å². The van der Waals surface area contributed by atoms with Gasteiger partial charge in [-0.2, -0.15) is 5.10 Å². The van der Waals surface area contributed by atoms with Gasteiger partial charge >= 0.3 is 0 Å². The lowest BCUT2D eigenvalue weighted by Gasteiger charge is -2.03. The van der Waals surface area contributed by atoms with Crippen LogP contribution in [0.2, 0.25) is 0 Å². The minimum absolute atomic E-state index is 0.117. The molecular formula is C9H12N4O2. The van der Waals surface area contributed by atoms with E-state index in [1.165, 1.54) is 25.5 Å². The molecule has 1 aromatic rings. The quantitative estimate of drug-likeness (QED) is 0.369. The van der Waals surface area contributed by atoms with Gasteiger partial charge in [-0.15, -0.1) is 5.10 Å². The number of benzene rings is 1. The molecule has 0 aliphatic heterocycles. The first-order valence-electron chi connectivity index (χ1n) is 4.12. The molecule has 0 unspecified atom stereocenters. The first-order chi connectivity index (χ1) is 7.13. The van der Waals surface area contributed by atoms with Crippen molar-refractivity contribution in [2.24, 2.45) is 21.7 Å². The van der Waals surface area contributed by atoms with E-state index in [0.29, 0.717) is 11.3 Å². The Labute approximate surface area is 86.9 Å². The van der Waals surface area contributed by atoms with Crippen molar-refractivity contribution < 1.29 is 9.84 Å². The predicted molar refractivity (Wildman–Crippen MR) is 58.1 cm³/mol. The number of phenolic OH excluding ortho intramolecular Hbond substituents is 1. The minimum Gasteiger partial charge on any atom is -0.508 e. The molecule has 0 saturated heterocycles. The maximum atomic E-state index is 9.19. The Morgan fingerprint density at radius 2 is 2.20 bits per heavy atom. The van der Waals surface area contributed by atoms with Crippen molar-refractivity contribution >= 4 is 12.2 Å². The van der Waals surface area contributed by atoms with E-state index in [9.17, 15) is 5.11 Å². The highest BCUT2D eigenvalue weighted by molar-refractivity contribution is 5.84. The van der Waals surface area contributed by atoms with Crippen LogP contribution in [0.15, 0.2) is 28.4 Å². The molecule has 15 heavy (non-hydrogen) atoms. The van der Waals surface area contributed by atoms with Gasteiger partial charge in [0.1, 0.15) is 11.5 Å². The van der Waals surface area contributed by atoms with Crippen molar-refractivity contribution in [2.45, 2.75) is 0 Å². The number of guanidine groups is 1. The Morgan fingerprint density at radius 1 is 1.47 bits per heavy atom. The zero-order valence-corrected chi connectivity index (χ0v) is 8.21. The number of rotatable bonds is 3. The summed E-state index contributed by atoms with van der Waals surface area (Å²) >= 11 is 0. The van der Waals surface area contributed by atoms with Gasteiger partial charge in [-0.25, -0.2) is 0 Å². The van der Waals surface area contributed by atoms with E-state index in [2.05, 4.69) is 10.2 Å². The number of phenols is 1. The highest BCUT2D eigenvalue weighted by Crippen LogP contribution is 2.22. The first kappa shape index (κ1) is 10.8. The van der Waals surface area contributed by atoms with E-state index in [1.54, 1.807) is 6.07 Å². The van der Waals surface area contributed by atoms with Crippen LogP contribution in [0.5, 0.6) is 11.5 Å². The smallest absolute Gasteiger partial charge is 0.211 e. The Bertz CT molecular complexity index is 397. The second kappa shape index (κ2) is 4.85. The van der Waals surface area contributed by atoms with Gasteiger partial charge in [-0.1, -0.05) is 0 Å². The number of methoxy groups -OCH3 is 1. The summed E-state index contributed by atoms with van der Waals surface area (Å²) in [7, 11) is 1.49. The van der Waals surface area contributed by atoms with Gasteiger partial charge in [0.25, 0.3) is 0 Å². The van der Waals surface area contributed by atoms with Crippen LogP contribution >= 0.6 is 0 Å². The van der Waals surface area contributed by atoms with Crippen molar-refractivity contribution in [1.82, 2.24) is 0 Å². The Hall–Kier alpha value is -2.24. The third-order valence-corrected chi connectivity index (χ3v) is 1.59. The number of ether oxygens (including phenoxy) is 1. The number of aromatic hydroxyl groups is 1. The molecule has 0 fully saturated rings. The van der Waals surface area contributed by atoms with Gasteiger partial charge in [0.2, 0.25) is 5.96 Å². The van der Waals surface area contributed by atoms with Crippen molar-refractivity contribution in [1.29, 1.82) is 0 Å². The topological polar surface area (TPSA) is 106 Å². The normalized spacial score (nSPS) is 10.2. The van der Waals surface area contributed by atoms with Crippen molar-refractivity contribution in [2.75, 3.05) is 7.11 Å². The molecule has 0 aliphatic carbocycles. The third kappa shape index (κ3) is 3.18. The van der Waals surface area contributed by atoms with Crippen molar-refractivity contribution in [3.05, 3.63) is 23.8 Å². The lowest BCUT2D eigenvalue weighted by molar-refractivity contribution is 0.407. The standard InChI is InChI=1S/C9H12N4O2/c1-15-8-4-7(14)3-2-6(8)5-12-13-9(10)11/h2-5,14H,1H3,(H4,10,11,13). The van der Waals surface area contributed by atoms with Gasteiger partial charge in [0.05, 0.1) is 13.3 Å². The summed E-state index contributed by atoms with van der Waals surface area (Å²) in [5.74, 6) is 0.486. The van der Waals surface area contributed by atoms with Crippen LogP contribution in [0.25, 0.3) is 0 Å². The van der Waals surface area contributed by atoms with E-state index < -0.39 is 0 Å². The minimum atomic E-state index is -0.121. The van der Waals surface area contributed by atoms with Gasteiger partial charge in [0, 0.05) is 11.6 Å². The fraction of sp³-hybridized carbons (Fsp3) is 0.111. The number of hydrogen-bond acceptors (Lipinski definition) is 4. The lowest BCUT2D eigenvalue weighted by atomic mass is 10.2. The van der Waals surface area contributed by atoms with E-state index >= 15 is 0 Å². The summed E-state index contributed by atoms with van der Waals surface area (Å²) in [6.07, 6.45) is 1.43. The predicted octanol–water partition coefficient (Wildman–Crippen LogP) is 0.00810. The maximum Gasteiger partial charge on any atom is 0.211 e. The van der Waals surface area contributed by atoms with Gasteiger partial charge in [-0.3, -0.25) is 0 Å². The third-order valence-electron chi connectivity index (χ3n) is 1.59. The summed E-state index contributed by atoms with van der Waals surface area (Å²) in [6.45, 7) is 0. The van der Waals surface area contributed by atoms with E-state index in [-0.39, 0.29) is 11.7 Å². The fourth-order valence-electron chi connectivity index (χ4n) is 0.964. The summed E-state index contributed by atoms with van der Waals surface area (Å²) in [5, 5.41) is 16.3. The number of nitrogens with zero attached hydrogens (tertiary/aromatic N) is 2. The zero-order valence-electron chi connectivity index (χ0n) is 8.21. The Kier molecular flexibility index (Phi) is 3.50. The maximum absolute atomic E-state index is 9.19. The zero-order chi connectivity index (χ0) is 11.3. The molecule has 0 amide bonds. The van der Waals surface area contributed by atoms with E-state index in [4.69, 9.17) is 16.2 Å². The molecule has 1 rings (SSSR count). The highest BCUT2D eigenvalue weighted by Gasteiger charge is 2.00. The van der Waals surface area contributed by atoms with Gasteiger partial charge in [0.15, 0.2) is 0 Å². The molecule has 6 nitrogen and oxygen atoms in total. The van der Waals surface area contributed by atoms with E-state index in [0.717, 1.165) is 0 Å². The Morgan fingerprint density at radius 3 is 2.80 bits per heavy atom. The first-order valence-corrected chi connectivity index (χ1v) is 4.12. The molecule has 0 aliphatic rings. The molecule has 6 heteroatoms. The summed E-state index contributed by atoms with van der Waals surface area (Å²) in [5.41, 5.74) is 10.9. The second-order valence-corrected chi connectivity index (χ2v) is 2.70. The Balaban J connectivity index is 2.94. The molecule has 0 saturated carbocycles. The molecule has 1 aromatic carbocycles. The monoisotopic (exact) mass is 208 g/mol. The van der Waals surface area contributed by atoms with Crippen LogP contribution in [0, 0.1) is 0 Å². The average Bonchev–Trinajstić information content (AvgIpc) is 2.19. The van der Waals surface area contributed by atoms with Crippen LogP contribution in [-0.4, -0.2) is 24.4 Å². The van der Waals surface area contributed by atoms with Crippen LogP contribution in [0.4, 0.5) is 0 Å². The molecule has 0 radical (unpaired) electrons. The average molecular weight is 208 g/mol. The van der Waals surface area contributed by atoms with Crippen LogP contribution in [0.3, 0.4) is 0 Å². The van der Waals surface area contributed by atoms with Gasteiger partial charge in [-0.05, 0) is 12.1 Å². The second-order valence-electron chi connectivity index (χ2n) is 2.70. The number of hydrogen-bond donors (Lipinski definition) is 3. The molecule has 0 aromatic heterocycles. The summed E-state index contributed by atoms with van der Waals surface area (Å²) < 4.78 is 5.02. The molecule has 0 bridgehead atoms. The fourth-order valence-corrected chi connectivity index (χ4v) is 0.964. The van der Waals surface area contributed by atoms with Crippen LogP contribution in [0.1, 0.15) is 5.56 Å².